The zero-order chi connectivity index (χ0) is 27.0. The van der Waals surface area contributed by atoms with E-state index >= 15 is 0 Å². The van der Waals surface area contributed by atoms with Gasteiger partial charge in [0.05, 0.1) is 30.2 Å². The number of nitrogens with zero attached hydrogens (tertiary/aromatic N) is 1. The van der Waals surface area contributed by atoms with Crippen molar-refractivity contribution >= 4 is 22.6 Å². The maximum atomic E-state index is 13.9. The average Bonchev–Trinajstić information content (AvgIpc) is 3.19. The molecule has 0 saturated carbocycles. The minimum Gasteiger partial charge on any atom is -0.490 e. The minimum atomic E-state index is -0.676. The molecule has 0 aliphatic carbocycles. The van der Waals surface area contributed by atoms with Crippen molar-refractivity contribution in [3.05, 3.63) is 98.9 Å². The van der Waals surface area contributed by atoms with Crippen molar-refractivity contribution in [2.24, 2.45) is 5.92 Å². The Hall–Kier alpha value is -4.06. The van der Waals surface area contributed by atoms with Crippen LogP contribution in [-0.2, 0) is 0 Å². The SMILES string of the molecule is CCOc1cc(C2c3c(oc4ccccc4c3=O)C(=O)N2c2ccc(C)c(C)c2)ccc1OCCC(C)C. The van der Waals surface area contributed by atoms with Crippen LogP contribution in [0.1, 0.15) is 66.0 Å². The fourth-order valence-corrected chi connectivity index (χ4v) is 4.86. The molecule has 0 radical (unpaired) electrons. The van der Waals surface area contributed by atoms with Gasteiger partial charge in [0.1, 0.15) is 5.58 Å². The van der Waals surface area contributed by atoms with Crippen LogP contribution in [-0.4, -0.2) is 19.1 Å². The van der Waals surface area contributed by atoms with E-state index in [2.05, 4.69) is 13.8 Å². The Bertz CT molecular complexity index is 1570. The fraction of sp³-hybridized carbons (Fsp3) is 0.312. The van der Waals surface area contributed by atoms with E-state index in [9.17, 15) is 9.59 Å². The van der Waals surface area contributed by atoms with Crippen molar-refractivity contribution < 1.29 is 18.7 Å². The Labute approximate surface area is 222 Å². The molecule has 0 bridgehead atoms. The average molecular weight is 512 g/mol. The number of para-hydroxylation sites is 1. The van der Waals surface area contributed by atoms with Gasteiger partial charge in [0, 0.05) is 5.69 Å². The van der Waals surface area contributed by atoms with E-state index in [0.29, 0.717) is 52.9 Å². The van der Waals surface area contributed by atoms with Crippen LogP contribution in [0.5, 0.6) is 11.5 Å². The second kappa shape index (κ2) is 10.4. The molecule has 0 spiro atoms. The maximum Gasteiger partial charge on any atom is 0.295 e. The van der Waals surface area contributed by atoms with Crippen LogP contribution in [0.4, 0.5) is 5.69 Å². The van der Waals surface area contributed by atoms with Gasteiger partial charge in [-0.25, -0.2) is 0 Å². The molecule has 1 unspecified atom stereocenters. The first-order chi connectivity index (χ1) is 18.3. The van der Waals surface area contributed by atoms with Gasteiger partial charge < -0.3 is 13.9 Å². The smallest absolute Gasteiger partial charge is 0.295 e. The van der Waals surface area contributed by atoms with Crippen LogP contribution >= 0.6 is 0 Å². The monoisotopic (exact) mass is 511 g/mol. The molecule has 2 heterocycles. The van der Waals surface area contributed by atoms with Gasteiger partial charge in [-0.2, -0.15) is 0 Å². The first kappa shape index (κ1) is 25.6. The maximum absolute atomic E-state index is 13.9. The lowest BCUT2D eigenvalue weighted by Gasteiger charge is -2.26. The van der Waals surface area contributed by atoms with Crippen molar-refractivity contribution in [2.45, 2.75) is 47.1 Å². The molecule has 5 rings (SSSR count). The number of ether oxygens (including phenoxy) is 2. The van der Waals surface area contributed by atoms with E-state index < -0.39 is 6.04 Å². The summed E-state index contributed by atoms with van der Waals surface area (Å²) >= 11 is 0. The molecule has 6 heteroatoms. The van der Waals surface area contributed by atoms with Crippen LogP contribution < -0.4 is 19.8 Å². The van der Waals surface area contributed by atoms with Crippen LogP contribution in [0.3, 0.4) is 0 Å². The van der Waals surface area contributed by atoms with Gasteiger partial charge in [-0.05, 0) is 86.2 Å². The normalized spacial score (nSPS) is 14.8. The second-order valence-electron chi connectivity index (χ2n) is 10.2. The van der Waals surface area contributed by atoms with Gasteiger partial charge >= 0.3 is 0 Å². The summed E-state index contributed by atoms with van der Waals surface area (Å²) in [6, 6.07) is 17.9. The summed E-state index contributed by atoms with van der Waals surface area (Å²) in [7, 11) is 0. The number of anilines is 1. The summed E-state index contributed by atoms with van der Waals surface area (Å²) in [5, 5.41) is 0.449. The molecule has 0 N–H and O–H groups in total. The molecule has 0 saturated heterocycles. The number of hydrogen-bond donors (Lipinski definition) is 0. The Morgan fingerprint density at radius 1 is 0.921 bits per heavy atom. The molecule has 0 fully saturated rings. The van der Waals surface area contributed by atoms with Crippen molar-refractivity contribution in [3.63, 3.8) is 0 Å². The van der Waals surface area contributed by atoms with E-state index in [1.165, 1.54) is 0 Å². The van der Waals surface area contributed by atoms with E-state index in [1.54, 1.807) is 29.2 Å². The zero-order valence-electron chi connectivity index (χ0n) is 22.5. The summed E-state index contributed by atoms with van der Waals surface area (Å²) in [4.78, 5) is 29.4. The van der Waals surface area contributed by atoms with Gasteiger partial charge in [-0.15, -0.1) is 0 Å². The lowest BCUT2D eigenvalue weighted by molar-refractivity contribution is 0.0971. The molecule has 38 heavy (non-hydrogen) atoms. The molecule has 1 aliphatic rings. The molecule has 196 valence electrons. The zero-order valence-corrected chi connectivity index (χ0v) is 22.5. The highest BCUT2D eigenvalue weighted by molar-refractivity contribution is 6.10. The molecular weight excluding hydrogens is 478 g/mol. The van der Waals surface area contributed by atoms with E-state index in [-0.39, 0.29) is 17.1 Å². The highest BCUT2D eigenvalue weighted by Gasteiger charge is 2.44. The predicted molar refractivity (Wildman–Crippen MR) is 150 cm³/mol. The Balaban J connectivity index is 1.69. The Morgan fingerprint density at radius 2 is 1.71 bits per heavy atom. The first-order valence-electron chi connectivity index (χ1n) is 13.2. The second-order valence-corrected chi connectivity index (χ2v) is 10.2. The third-order valence-electron chi connectivity index (χ3n) is 7.08. The number of amides is 1. The molecule has 1 aliphatic heterocycles. The standard InChI is InChI=1S/C32H33NO5/c1-6-36-27-18-22(12-14-26(27)37-16-15-19(2)3)29-28-30(34)24-9-7-8-10-25(24)38-31(28)32(35)33(29)23-13-11-20(4)21(5)17-23/h7-14,17-19,29H,6,15-16H2,1-5H3. The molecule has 6 nitrogen and oxygen atoms in total. The predicted octanol–water partition coefficient (Wildman–Crippen LogP) is 6.98. The number of benzene rings is 3. The number of fused-ring (bicyclic) bond motifs is 2. The lowest BCUT2D eigenvalue weighted by atomic mass is 9.97. The Kier molecular flexibility index (Phi) is 6.98. The van der Waals surface area contributed by atoms with Crippen LogP contribution in [0.25, 0.3) is 11.0 Å². The number of hydrogen-bond acceptors (Lipinski definition) is 5. The van der Waals surface area contributed by atoms with Gasteiger partial charge in [0.15, 0.2) is 16.9 Å². The molecule has 1 aromatic heterocycles. The van der Waals surface area contributed by atoms with Crippen LogP contribution in [0.2, 0.25) is 0 Å². The molecular formula is C32H33NO5. The summed E-state index contributed by atoms with van der Waals surface area (Å²) in [5.74, 6) is 1.48. The first-order valence-corrected chi connectivity index (χ1v) is 13.2. The van der Waals surface area contributed by atoms with Crippen molar-refractivity contribution in [1.29, 1.82) is 0 Å². The van der Waals surface area contributed by atoms with Gasteiger partial charge in [-0.1, -0.05) is 38.1 Å². The number of carbonyl (C=O) groups excluding carboxylic acids is 1. The largest absolute Gasteiger partial charge is 0.490 e. The number of aryl methyl sites for hydroxylation is 2. The quantitative estimate of drug-likeness (QED) is 0.255. The minimum absolute atomic E-state index is 0.0761. The van der Waals surface area contributed by atoms with Gasteiger partial charge in [0.25, 0.3) is 5.91 Å². The summed E-state index contributed by atoms with van der Waals surface area (Å²) in [5.41, 5.74) is 4.15. The van der Waals surface area contributed by atoms with Crippen LogP contribution in [0, 0.1) is 19.8 Å². The lowest BCUT2D eigenvalue weighted by Crippen LogP contribution is -2.29. The highest BCUT2D eigenvalue weighted by Crippen LogP contribution is 2.43. The molecule has 3 aromatic carbocycles. The number of rotatable bonds is 8. The van der Waals surface area contributed by atoms with Gasteiger partial charge in [-0.3, -0.25) is 14.5 Å². The third-order valence-corrected chi connectivity index (χ3v) is 7.08. The number of carbonyl (C=O) groups is 1. The third kappa shape index (κ3) is 4.55. The summed E-state index contributed by atoms with van der Waals surface area (Å²) < 4.78 is 18.1. The molecule has 1 amide bonds. The topological polar surface area (TPSA) is 69.0 Å². The molecule has 4 aromatic rings. The summed E-state index contributed by atoms with van der Waals surface area (Å²) in [6.45, 7) is 11.3. The van der Waals surface area contributed by atoms with Crippen molar-refractivity contribution in [1.82, 2.24) is 0 Å². The Morgan fingerprint density at radius 3 is 2.45 bits per heavy atom. The van der Waals surface area contributed by atoms with Crippen molar-refractivity contribution in [2.75, 3.05) is 18.1 Å². The van der Waals surface area contributed by atoms with Gasteiger partial charge in [0.2, 0.25) is 5.76 Å². The van der Waals surface area contributed by atoms with E-state index in [4.69, 9.17) is 13.9 Å². The summed E-state index contributed by atoms with van der Waals surface area (Å²) in [6.07, 6.45) is 0.923. The van der Waals surface area contributed by atoms with E-state index in [1.807, 2.05) is 57.2 Å². The highest BCUT2D eigenvalue weighted by atomic mass is 16.5. The van der Waals surface area contributed by atoms with Crippen LogP contribution in [0.15, 0.2) is 69.9 Å². The molecule has 1 atom stereocenters. The fourth-order valence-electron chi connectivity index (χ4n) is 4.86. The van der Waals surface area contributed by atoms with E-state index in [0.717, 1.165) is 23.1 Å². The van der Waals surface area contributed by atoms with Crippen molar-refractivity contribution in [3.8, 4) is 11.5 Å².